The number of ether oxygens (including phenoxy) is 6. The molecule has 0 unspecified atom stereocenters. The van der Waals surface area contributed by atoms with Crippen molar-refractivity contribution in [2.75, 3.05) is 75.3 Å². The smallest absolute Gasteiger partial charge is 0.339 e. The number of carbonyl (C=O) groups excluding carboxylic acids is 2. The van der Waals surface area contributed by atoms with E-state index in [-0.39, 0.29) is 57.2 Å². The molecule has 5 aromatic carbocycles. The molecular weight excluding hydrogens is 1950 g/mol. The monoisotopic (exact) mass is 2030 g/mol. The minimum Gasteiger partial charge on any atom is -0.497 e. The number of anilines is 2. The summed E-state index contributed by atoms with van der Waals surface area (Å²) in [5.41, 5.74) is 16.8. The molecule has 6 N–H and O–H groups in total. The summed E-state index contributed by atoms with van der Waals surface area (Å²) >= 11 is 34.4. The summed E-state index contributed by atoms with van der Waals surface area (Å²) in [6.45, 7) is 8.72. The Morgan fingerprint density at radius 1 is 0.534 bits per heavy atom. The summed E-state index contributed by atoms with van der Waals surface area (Å²) in [5.74, 6) is 4.98. The van der Waals surface area contributed by atoms with Gasteiger partial charge in [0.2, 0.25) is 61.7 Å². The molecule has 0 saturated heterocycles. The molecule has 12 aromatic rings. The zero-order valence-corrected chi connectivity index (χ0v) is 80.7. The number of H-pyrrole nitrogens is 1. The van der Waals surface area contributed by atoms with Crippen molar-refractivity contribution in [1.82, 2.24) is 74.7 Å². The van der Waals surface area contributed by atoms with E-state index < -0.39 is 30.0 Å². The zero-order valence-electron chi connectivity index (χ0n) is 72.0. The van der Waals surface area contributed by atoms with Crippen LogP contribution in [0.2, 0.25) is 15.7 Å². The summed E-state index contributed by atoms with van der Waals surface area (Å²) in [4.78, 5) is 75.6. The van der Waals surface area contributed by atoms with Crippen LogP contribution in [0.4, 0.5) is 24.8 Å². The van der Waals surface area contributed by atoms with Crippen LogP contribution in [0.5, 0.6) is 29.4 Å². The number of aromatic nitrogens is 14. The van der Waals surface area contributed by atoms with E-state index in [1.54, 1.807) is 59.9 Å². The standard InChI is InChI=1S/C23H19FN6O.C14H13ClFN3O.C9H7N3.C9H12N2O5S2.C9H12N2OS2.C8H9NO3.C7H6Cl2N2O.C7H8FN.Cl3OP/c1-14-27-20-16(12-25)6-3-9-19(20)30(14)23-28-21(18-8-4-10-31-22(18)29-23)26-13-15-5-2-7-17(24)11-15;15-14-18-12(11-5-2-6-20-13(11)19-14)17-8-9-3-1-4-10(16)7-9;1-6-11-8-4-2-3-7(5-10)9(8)12-6;1-17(12,13)8-6-4-3-5-16-7(6)10-9(11-8)18(2,14)15;1-13-8-6-4-3-5-12-7(6)10-9(11-8)14-2;10-7-4-6-5(8(11)9-7)2-1-3-12-6;8-5-4-2-1-3-12-6(4)11-7(9)10-5;8-7-3-1-2-6(4-7)5-9;1-5(2,3)4/h2-3,5-7,9,11H,4,8,10,13H2,1H3,(H,26,28,29);1,3-4,7H,2,5-6,8H2,(H,17,18,19);2-4H,1H3,(H,11,12);3-5H2,1-2H3;3-5H2,1-2H3;1-4H2,(H,9,10,11);1-3H2;1-4H,5,9H2;. The molecule has 7 aliphatic rings. The average molecular weight is 2040 g/mol. The van der Waals surface area contributed by atoms with Crippen molar-refractivity contribution >= 4 is 162 Å². The Hall–Kier alpha value is -11.0. The highest BCUT2D eigenvalue weighted by atomic mass is 36.0. The lowest BCUT2D eigenvalue weighted by atomic mass is 10.0. The van der Waals surface area contributed by atoms with Crippen LogP contribution in [0.3, 0.4) is 0 Å². The number of benzene rings is 5. The van der Waals surface area contributed by atoms with Crippen LogP contribution in [0.15, 0.2) is 141 Å². The lowest BCUT2D eigenvalue weighted by Crippen LogP contribution is -2.38. The summed E-state index contributed by atoms with van der Waals surface area (Å²) in [6, 6.07) is 34.4. The number of hydrogen-bond acceptors (Lipinski definition) is 32. The number of thioether (sulfide) groups is 2. The zero-order chi connectivity index (χ0) is 95.7. The maximum atomic E-state index is 13.6. The number of nitrogens with two attached hydrogens (primary N) is 1. The van der Waals surface area contributed by atoms with E-state index in [0.717, 1.165) is 155 Å². The van der Waals surface area contributed by atoms with E-state index in [1.165, 1.54) is 42.0 Å². The molecule has 0 saturated carbocycles. The number of imide groups is 1. The fourth-order valence-electron chi connectivity index (χ4n) is 13.6. The molecular formula is C86H86Cl6F3N20O13PS4. The Labute approximate surface area is 801 Å². The molecule has 2 amide bonds. The maximum Gasteiger partial charge on any atom is 0.339 e. The van der Waals surface area contributed by atoms with Gasteiger partial charge in [-0.15, -0.1) is 11.8 Å². The van der Waals surface area contributed by atoms with Gasteiger partial charge in [-0.2, -0.15) is 40.4 Å². The highest BCUT2D eigenvalue weighted by Crippen LogP contribution is 2.61. The van der Waals surface area contributed by atoms with Crippen molar-refractivity contribution in [3.63, 3.8) is 0 Å². The molecule has 0 spiro atoms. The number of para-hydroxylation sites is 2. The molecule has 700 valence electrons. The van der Waals surface area contributed by atoms with Gasteiger partial charge in [0.25, 0.3) is 11.1 Å². The molecule has 0 fully saturated rings. The predicted octanol–water partition coefficient (Wildman–Crippen LogP) is 17.2. The maximum absolute atomic E-state index is 13.6. The van der Waals surface area contributed by atoms with Crippen molar-refractivity contribution in [1.29, 1.82) is 10.5 Å². The Balaban J connectivity index is 0.000000150. The molecule has 47 heteroatoms. The average Bonchev–Trinajstić information content (AvgIpc) is 1.57. The molecule has 7 aromatic heterocycles. The number of carbonyl (C=O) groups is 2. The number of hydrogen-bond donors (Lipinski definition) is 5. The third-order valence-electron chi connectivity index (χ3n) is 19.5. The van der Waals surface area contributed by atoms with Crippen molar-refractivity contribution in [2.24, 2.45) is 5.73 Å². The minimum absolute atomic E-state index is 0.0529. The molecule has 7 aliphatic heterocycles. The van der Waals surface area contributed by atoms with Gasteiger partial charge in [-0.05, 0) is 238 Å². The molecule has 0 atom stereocenters. The summed E-state index contributed by atoms with van der Waals surface area (Å²) in [5, 5.41) is 25.5. The van der Waals surface area contributed by atoms with Crippen LogP contribution in [0.1, 0.15) is 119 Å². The van der Waals surface area contributed by atoms with Gasteiger partial charge in [0.15, 0.2) is 20.0 Å². The number of halogens is 9. The van der Waals surface area contributed by atoms with Gasteiger partial charge >= 0.3 is 5.20 Å². The largest absolute Gasteiger partial charge is 0.497 e. The molecule has 14 heterocycles. The molecule has 19 rings (SSSR count). The molecule has 0 radical (unpaired) electrons. The lowest BCUT2D eigenvalue weighted by molar-refractivity contribution is -0.130. The Bertz CT molecular complexity index is 6660. The Morgan fingerprint density at radius 3 is 1.54 bits per heavy atom. The fourth-order valence-corrected chi connectivity index (χ4v) is 16.7. The number of aryl methyl sites for hydroxylation is 2. The van der Waals surface area contributed by atoms with Crippen LogP contribution < -0.4 is 45.4 Å². The third-order valence-corrected chi connectivity index (χ3v) is 23.3. The number of amides is 2. The van der Waals surface area contributed by atoms with Crippen LogP contribution in [-0.2, 0) is 90.3 Å². The van der Waals surface area contributed by atoms with Gasteiger partial charge in [0, 0.05) is 37.7 Å². The van der Waals surface area contributed by atoms with Crippen LogP contribution in [0.25, 0.3) is 28.0 Å². The Morgan fingerprint density at radius 2 is 1.01 bits per heavy atom. The quantitative estimate of drug-likeness (QED) is 0.0249. The van der Waals surface area contributed by atoms with E-state index in [1.807, 2.05) is 67.3 Å². The normalized spacial score (nSPS) is 14.2. The van der Waals surface area contributed by atoms with E-state index >= 15 is 0 Å². The van der Waals surface area contributed by atoms with Gasteiger partial charge in [-0.3, -0.25) is 24.0 Å². The molecule has 33 nitrogen and oxygen atoms in total. The number of rotatable bonds is 12. The van der Waals surface area contributed by atoms with Gasteiger partial charge in [-0.25, -0.2) is 59.9 Å². The van der Waals surface area contributed by atoms with Crippen molar-refractivity contribution in [2.45, 2.75) is 137 Å². The second kappa shape index (κ2) is 48.3. The molecule has 0 aliphatic carbocycles. The first-order valence-corrected chi connectivity index (χ1v) is 52.5. The topological polar surface area (TPSA) is 460 Å². The number of nitriles is 2. The highest BCUT2D eigenvalue weighted by Gasteiger charge is 2.31. The van der Waals surface area contributed by atoms with Crippen LogP contribution >= 0.6 is 97.2 Å². The molecule has 133 heavy (non-hydrogen) atoms. The van der Waals surface area contributed by atoms with E-state index in [0.29, 0.717) is 145 Å². The Kier molecular flexibility index (Phi) is 37.2. The van der Waals surface area contributed by atoms with E-state index in [2.05, 4.69) is 122 Å². The SMILES string of the molecule is CS(=O)(=O)c1nc2c(c(S(C)(=O)=O)n1)CCCO2.CSc1nc2c(c(SC)n1)CCCO2.Cc1nc2c(C#N)cccc2[nH]1.Cc1nc2c(C#N)cccc2n1-c1nc(NCc2cccc(F)c2)c2c(n1)OCCC2.Clc1nc(Cl)c2c(n1)OCCC2.Fc1cccc(CNc2nc(Cl)nc3c2CCCO3)c1.NCc1cccc(F)c1.O=C1CC2=C(CCCO2)C(=O)N1.O=P(Cl)(Cl)Cl. The number of aromatic amines is 1. The number of nitrogens with one attached hydrogen (secondary N) is 4. The first kappa shape index (κ1) is 103. The number of sulfone groups is 2. The van der Waals surface area contributed by atoms with Gasteiger partial charge < -0.3 is 49.8 Å². The molecule has 0 bridgehead atoms. The number of imidazole rings is 2. The first-order valence-electron chi connectivity index (χ1n) is 40.7. The summed E-state index contributed by atoms with van der Waals surface area (Å²) < 4.78 is 129. The van der Waals surface area contributed by atoms with Crippen molar-refractivity contribution in [3.8, 4) is 47.5 Å². The van der Waals surface area contributed by atoms with Gasteiger partial charge in [0.1, 0.15) is 79.8 Å². The summed E-state index contributed by atoms with van der Waals surface area (Å²) in [6.07, 6.45) is 16.2. The highest BCUT2D eigenvalue weighted by molar-refractivity contribution is 8.24. The lowest BCUT2D eigenvalue weighted by Gasteiger charge is -2.23. The van der Waals surface area contributed by atoms with Crippen molar-refractivity contribution < 1.29 is 72.6 Å². The predicted molar refractivity (Wildman–Crippen MR) is 501 cm³/mol. The third kappa shape index (κ3) is 29.5. The minimum atomic E-state index is -3.69. The number of nitrogens with zero attached hydrogens (tertiary/aromatic N) is 15. The van der Waals surface area contributed by atoms with Gasteiger partial charge in [-0.1, -0.05) is 71.9 Å². The van der Waals surface area contributed by atoms with Crippen molar-refractivity contribution in [3.05, 3.63) is 221 Å². The summed E-state index contributed by atoms with van der Waals surface area (Å²) in [7, 11) is -7.31. The second-order valence-corrected chi connectivity index (χ2v) is 42.4. The van der Waals surface area contributed by atoms with Crippen LogP contribution in [0, 0.1) is 54.0 Å². The fraction of sp³-hybridized carbons (Fsp3) is 0.326. The number of fused-ring (bicyclic) bond motifs is 7. The van der Waals surface area contributed by atoms with E-state index in [9.17, 15) is 49.4 Å². The van der Waals surface area contributed by atoms with E-state index in [4.69, 9.17) is 79.2 Å². The van der Waals surface area contributed by atoms with Gasteiger partial charge in [0.05, 0.1) is 96.0 Å². The second-order valence-electron chi connectivity index (χ2n) is 29.3. The van der Waals surface area contributed by atoms with Crippen LogP contribution in [-0.4, -0.2) is 163 Å². The first-order chi connectivity index (χ1) is 63.6.